The highest BCUT2D eigenvalue weighted by atomic mass is 16.8. The highest BCUT2D eigenvalue weighted by Crippen LogP contribution is 2.21. The van der Waals surface area contributed by atoms with Gasteiger partial charge < -0.3 is 4.74 Å². The number of carbonyl (C=O) groups excluding carboxylic acids is 1. The van der Waals surface area contributed by atoms with Crippen LogP contribution in [0.2, 0.25) is 0 Å². The van der Waals surface area contributed by atoms with Gasteiger partial charge in [-0.25, -0.2) is 10.3 Å². The van der Waals surface area contributed by atoms with Gasteiger partial charge in [-0.05, 0) is 37.3 Å². The van der Waals surface area contributed by atoms with E-state index in [-0.39, 0.29) is 5.91 Å². The van der Waals surface area contributed by atoms with Gasteiger partial charge in [-0.2, -0.15) is 0 Å². The minimum atomic E-state index is -0.390. The molecule has 1 saturated heterocycles. The van der Waals surface area contributed by atoms with Crippen LogP contribution < -0.4 is 5.48 Å². The van der Waals surface area contributed by atoms with Crippen molar-refractivity contribution in [3.8, 4) is 0 Å². The van der Waals surface area contributed by atoms with Crippen molar-refractivity contribution in [2.24, 2.45) is 0 Å². The normalized spacial score (nSPS) is 18.1. The molecule has 0 saturated carbocycles. The lowest BCUT2D eigenvalue weighted by Gasteiger charge is -2.22. The van der Waals surface area contributed by atoms with Crippen molar-refractivity contribution < 1.29 is 14.4 Å². The highest BCUT2D eigenvalue weighted by molar-refractivity contribution is 6.03. The average Bonchev–Trinajstić information content (AvgIpc) is 3.02. The van der Waals surface area contributed by atoms with Crippen molar-refractivity contribution in [2.45, 2.75) is 32.5 Å². The predicted octanol–water partition coefficient (Wildman–Crippen LogP) is 2.38. The molecule has 1 atom stereocenters. The molecule has 1 aliphatic rings. The second-order valence-corrected chi connectivity index (χ2v) is 5.87. The molecule has 0 spiro atoms. The van der Waals surface area contributed by atoms with Gasteiger partial charge in [-0.3, -0.25) is 9.20 Å². The Labute approximate surface area is 138 Å². The van der Waals surface area contributed by atoms with Crippen LogP contribution in [-0.2, 0) is 9.57 Å². The third-order valence-electron chi connectivity index (χ3n) is 4.21. The molecule has 0 radical (unpaired) electrons. The maximum Gasteiger partial charge on any atom is 0.278 e. The van der Waals surface area contributed by atoms with Crippen LogP contribution in [0.5, 0.6) is 0 Å². The highest BCUT2D eigenvalue weighted by Gasteiger charge is 2.20. The molecule has 7 heteroatoms. The van der Waals surface area contributed by atoms with E-state index in [0.29, 0.717) is 17.8 Å². The Bertz CT molecular complexity index is 899. The van der Waals surface area contributed by atoms with Crippen LogP contribution in [0.25, 0.3) is 16.6 Å². The molecule has 0 aliphatic carbocycles. The summed E-state index contributed by atoms with van der Waals surface area (Å²) in [5, 5.41) is 9.19. The van der Waals surface area contributed by atoms with E-state index < -0.39 is 6.29 Å². The van der Waals surface area contributed by atoms with E-state index in [2.05, 4.69) is 15.7 Å². The Balaban J connectivity index is 1.68. The van der Waals surface area contributed by atoms with Crippen molar-refractivity contribution in [1.82, 2.24) is 20.1 Å². The van der Waals surface area contributed by atoms with Gasteiger partial charge in [0.05, 0.1) is 11.1 Å². The summed E-state index contributed by atoms with van der Waals surface area (Å²) in [6, 6.07) is 9.62. The van der Waals surface area contributed by atoms with Gasteiger partial charge in [0.25, 0.3) is 5.91 Å². The molecule has 2 aromatic heterocycles. The number of rotatable bonds is 3. The molecular weight excluding hydrogens is 308 g/mol. The number of aryl methyl sites for hydroxylation is 1. The van der Waals surface area contributed by atoms with Gasteiger partial charge >= 0.3 is 0 Å². The summed E-state index contributed by atoms with van der Waals surface area (Å²) >= 11 is 0. The van der Waals surface area contributed by atoms with Crippen LogP contribution in [0, 0.1) is 6.92 Å². The second kappa shape index (κ2) is 6.18. The summed E-state index contributed by atoms with van der Waals surface area (Å²) in [6.45, 7) is 2.52. The van der Waals surface area contributed by atoms with Crippen LogP contribution in [0.1, 0.15) is 35.4 Å². The number of carbonyl (C=O) groups is 1. The lowest BCUT2D eigenvalue weighted by atomic mass is 10.1. The number of hydrogen-bond donors (Lipinski definition) is 1. The zero-order valence-electron chi connectivity index (χ0n) is 13.4. The van der Waals surface area contributed by atoms with Crippen LogP contribution in [-0.4, -0.2) is 33.4 Å². The number of amides is 1. The first-order valence-corrected chi connectivity index (χ1v) is 8.05. The second-order valence-electron chi connectivity index (χ2n) is 5.87. The minimum absolute atomic E-state index is 0.354. The fourth-order valence-corrected chi connectivity index (χ4v) is 3.00. The number of hydroxylamine groups is 1. The van der Waals surface area contributed by atoms with Crippen LogP contribution in [0.15, 0.2) is 30.3 Å². The molecule has 1 aromatic carbocycles. The van der Waals surface area contributed by atoms with Gasteiger partial charge in [0, 0.05) is 13.0 Å². The van der Waals surface area contributed by atoms with Crippen LogP contribution >= 0.6 is 0 Å². The van der Waals surface area contributed by atoms with Crippen LogP contribution in [0.3, 0.4) is 0 Å². The first-order valence-electron chi connectivity index (χ1n) is 8.05. The van der Waals surface area contributed by atoms with Crippen molar-refractivity contribution in [3.05, 3.63) is 41.7 Å². The van der Waals surface area contributed by atoms with Crippen molar-refractivity contribution in [3.63, 3.8) is 0 Å². The molecule has 3 aromatic rings. The van der Waals surface area contributed by atoms with Crippen molar-refractivity contribution in [2.75, 3.05) is 6.61 Å². The fourth-order valence-electron chi connectivity index (χ4n) is 3.00. The number of pyridine rings is 1. The molecule has 4 rings (SSSR count). The quantitative estimate of drug-likeness (QED) is 0.748. The fraction of sp³-hybridized carbons (Fsp3) is 0.353. The SMILES string of the molecule is Cc1nnc2c(C(=O)NOC3CCCCO3)cc3ccccc3n12. The number of ether oxygens (including phenoxy) is 1. The van der Waals surface area contributed by atoms with E-state index in [4.69, 9.17) is 9.57 Å². The molecule has 24 heavy (non-hydrogen) atoms. The lowest BCUT2D eigenvalue weighted by Crippen LogP contribution is -2.33. The molecule has 0 bridgehead atoms. The monoisotopic (exact) mass is 326 g/mol. The zero-order chi connectivity index (χ0) is 16.5. The van der Waals surface area contributed by atoms with Crippen LogP contribution in [0.4, 0.5) is 0 Å². The van der Waals surface area contributed by atoms with Gasteiger partial charge in [0.15, 0.2) is 11.9 Å². The summed E-state index contributed by atoms with van der Waals surface area (Å²) in [7, 11) is 0. The smallest absolute Gasteiger partial charge is 0.278 e. The molecule has 1 fully saturated rings. The Morgan fingerprint density at radius 1 is 1.33 bits per heavy atom. The van der Waals surface area contributed by atoms with E-state index in [9.17, 15) is 4.79 Å². The van der Waals surface area contributed by atoms with Gasteiger partial charge in [0.1, 0.15) is 5.82 Å². The first-order chi connectivity index (χ1) is 11.7. The van der Waals surface area contributed by atoms with E-state index in [1.54, 1.807) is 6.07 Å². The van der Waals surface area contributed by atoms with Gasteiger partial charge in [-0.15, -0.1) is 10.2 Å². The molecular formula is C17H18N4O3. The Hall–Kier alpha value is -2.51. The van der Waals surface area contributed by atoms with E-state index in [1.807, 2.05) is 35.6 Å². The number of para-hydroxylation sites is 1. The number of benzene rings is 1. The van der Waals surface area contributed by atoms with Gasteiger partial charge in [-0.1, -0.05) is 18.2 Å². The number of fused-ring (bicyclic) bond motifs is 3. The molecule has 124 valence electrons. The number of nitrogens with one attached hydrogen (secondary N) is 1. The number of nitrogens with zero attached hydrogens (tertiary/aromatic N) is 3. The van der Waals surface area contributed by atoms with Crippen molar-refractivity contribution >= 4 is 22.5 Å². The first kappa shape index (κ1) is 15.0. The summed E-state index contributed by atoms with van der Waals surface area (Å²) in [5.74, 6) is 0.375. The Morgan fingerprint density at radius 2 is 2.21 bits per heavy atom. The molecule has 3 heterocycles. The standard InChI is InChI=1S/C17H18N4O3/c1-11-18-19-16-13(10-12-6-2-3-7-14(12)21(11)16)17(22)20-24-15-8-4-5-9-23-15/h2-3,6-7,10,15H,4-5,8-9H2,1H3,(H,20,22). The van der Waals surface area contributed by atoms with Gasteiger partial charge in [0.2, 0.25) is 0 Å². The molecule has 1 unspecified atom stereocenters. The summed E-state index contributed by atoms with van der Waals surface area (Å²) in [6.07, 6.45) is 2.44. The minimum Gasteiger partial charge on any atom is -0.350 e. The number of aromatic nitrogens is 3. The third-order valence-corrected chi connectivity index (χ3v) is 4.21. The molecule has 1 N–H and O–H groups in total. The largest absolute Gasteiger partial charge is 0.350 e. The Kier molecular flexibility index (Phi) is 3.87. The lowest BCUT2D eigenvalue weighted by molar-refractivity contribution is -0.186. The maximum atomic E-state index is 12.6. The molecule has 1 aliphatic heterocycles. The molecule has 7 nitrogen and oxygen atoms in total. The maximum absolute atomic E-state index is 12.6. The summed E-state index contributed by atoms with van der Waals surface area (Å²) < 4.78 is 7.33. The van der Waals surface area contributed by atoms with E-state index >= 15 is 0 Å². The average molecular weight is 326 g/mol. The van der Waals surface area contributed by atoms with E-state index in [0.717, 1.165) is 36.0 Å². The van der Waals surface area contributed by atoms with E-state index in [1.165, 1.54) is 0 Å². The molecule has 1 amide bonds. The third kappa shape index (κ3) is 2.61. The zero-order valence-corrected chi connectivity index (χ0v) is 13.4. The summed E-state index contributed by atoms with van der Waals surface area (Å²) in [5.41, 5.74) is 4.38. The van der Waals surface area contributed by atoms with Crippen molar-refractivity contribution in [1.29, 1.82) is 0 Å². The number of hydrogen-bond acceptors (Lipinski definition) is 5. The summed E-state index contributed by atoms with van der Waals surface area (Å²) in [4.78, 5) is 18.0. The Morgan fingerprint density at radius 3 is 3.04 bits per heavy atom. The predicted molar refractivity (Wildman–Crippen MR) is 87.4 cm³/mol. The topological polar surface area (TPSA) is 77.8 Å².